The minimum atomic E-state index is -1.12. The molecular formula is C19H19N3O4. The zero-order valence-corrected chi connectivity index (χ0v) is 14.5. The summed E-state index contributed by atoms with van der Waals surface area (Å²) in [5.74, 6) is -1.12. The van der Waals surface area contributed by atoms with Gasteiger partial charge in [-0.3, -0.25) is 4.79 Å². The molecule has 2 N–H and O–H groups in total. The first kappa shape index (κ1) is 17.6. The van der Waals surface area contributed by atoms with Crippen LogP contribution in [0.25, 0.3) is 16.6 Å². The van der Waals surface area contributed by atoms with Crippen LogP contribution >= 0.6 is 0 Å². The van der Waals surface area contributed by atoms with Gasteiger partial charge >= 0.3 is 11.7 Å². The van der Waals surface area contributed by atoms with Gasteiger partial charge in [-0.25, -0.2) is 14.2 Å². The van der Waals surface area contributed by atoms with Crippen LogP contribution in [0.2, 0.25) is 0 Å². The number of aromatic amines is 1. The van der Waals surface area contributed by atoms with Crippen LogP contribution in [0, 0.1) is 0 Å². The highest BCUT2D eigenvalue weighted by Crippen LogP contribution is 2.14. The Morgan fingerprint density at radius 3 is 2.58 bits per heavy atom. The second kappa shape index (κ2) is 6.97. The molecule has 0 amide bonds. The Balaban J connectivity index is 2.21. The number of hydrogen-bond acceptors (Lipinski definition) is 4. The van der Waals surface area contributed by atoms with Crippen molar-refractivity contribution >= 4 is 16.9 Å². The van der Waals surface area contributed by atoms with E-state index in [1.54, 1.807) is 12.1 Å². The largest absolute Gasteiger partial charge is 0.478 e. The fourth-order valence-corrected chi connectivity index (χ4v) is 2.85. The SMILES string of the molecule is CN(C)CCc1ccccc1-n1c(=O)[nH]c2cc(C(=O)O)ccc2c1=O. The minimum Gasteiger partial charge on any atom is -0.478 e. The van der Waals surface area contributed by atoms with Gasteiger partial charge in [0.2, 0.25) is 0 Å². The van der Waals surface area contributed by atoms with Gasteiger partial charge in [-0.15, -0.1) is 0 Å². The number of carboxylic acid groups (broad SMARTS) is 1. The summed E-state index contributed by atoms with van der Waals surface area (Å²) in [7, 11) is 3.91. The summed E-state index contributed by atoms with van der Waals surface area (Å²) in [6.45, 7) is 0.777. The van der Waals surface area contributed by atoms with Crippen molar-refractivity contribution in [3.8, 4) is 5.69 Å². The Kier molecular flexibility index (Phi) is 4.73. The molecule has 0 aliphatic rings. The van der Waals surface area contributed by atoms with Crippen molar-refractivity contribution in [2.75, 3.05) is 20.6 Å². The van der Waals surface area contributed by atoms with Crippen LogP contribution < -0.4 is 11.2 Å². The summed E-state index contributed by atoms with van der Waals surface area (Å²) in [5.41, 5.74) is 0.569. The van der Waals surface area contributed by atoms with Crippen molar-refractivity contribution in [3.05, 3.63) is 74.4 Å². The molecule has 0 spiro atoms. The molecule has 2 aromatic carbocycles. The lowest BCUT2D eigenvalue weighted by Crippen LogP contribution is -2.34. The molecule has 1 aromatic heterocycles. The maximum absolute atomic E-state index is 12.9. The number of likely N-dealkylation sites (N-methyl/N-ethyl adjacent to an activating group) is 1. The van der Waals surface area contributed by atoms with Gasteiger partial charge in [0.25, 0.3) is 5.56 Å². The van der Waals surface area contributed by atoms with E-state index in [-0.39, 0.29) is 16.5 Å². The second-order valence-corrected chi connectivity index (χ2v) is 6.32. The molecule has 0 bridgehead atoms. The number of aromatic nitrogens is 2. The van der Waals surface area contributed by atoms with E-state index in [0.717, 1.165) is 16.7 Å². The number of carbonyl (C=O) groups is 1. The lowest BCUT2D eigenvalue weighted by atomic mass is 10.1. The predicted molar refractivity (Wildman–Crippen MR) is 99.4 cm³/mol. The molecule has 26 heavy (non-hydrogen) atoms. The third-order valence-electron chi connectivity index (χ3n) is 4.21. The van der Waals surface area contributed by atoms with Crippen LogP contribution in [0.3, 0.4) is 0 Å². The number of hydrogen-bond donors (Lipinski definition) is 2. The van der Waals surface area contributed by atoms with Gasteiger partial charge in [-0.05, 0) is 50.3 Å². The van der Waals surface area contributed by atoms with E-state index >= 15 is 0 Å². The summed E-state index contributed by atoms with van der Waals surface area (Å²) < 4.78 is 1.10. The number of nitrogens with zero attached hydrogens (tertiary/aromatic N) is 2. The highest BCUT2D eigenvalue weighted by molar-refractivity contribution is 5.92. The molecule has 0 fully saturated rings. The first-order chi connectivity index (χ1) is 12.4. The van der Waals surface area contributed by atoms with Gasteiger partial charge < -0.3 is 15.0 Å². The van der Waals surface area contributed by atoms with Crippen LogP contribution in [0.5, 0.6) is 0 Å². The summed E-state index contributed by atoms with van der Waals surface area (Å²) in [5, 5.41) is 9.34. The molecule has 0 unspecified atom stereocenters. The average Bonchev–Trinajstić information content (AvgIpc) is 2.60. The number of H-pyrrole nitrogens is 1. The fourth-order valence-electron chi connectivity index (χ4n) is 2.85. The third-order valence-corrected chi connectivity index (χ3v) is 4.21. The number of benzene rings is 2. The van der Waals surface area contributed by atoms with Crippen molar-refractivity contribution in [1.29, 1.82) is 0 Å². The van der Waals surface area contributed by atoms with Crippen LogP contribution in [0.1, 0.15) is 15.9 Å². The Morgan fingerprint density at radius 2 is 1.88 bits per heavy atom. The van der Waals surface area contributed by atoms with Gasteiger partial charge in [-0.1, -0.05) is 18.2 Å². The summed E-state index contributed by atoms with van der Waals surface area (Å²) in [6, 6.07) is 11.3. The third kappa shape index (κ3) is 3.29. The highest BCUT2D eigenvalue weighted by Gasteiger charge is 2.14. The summed E-state index contributed by atoms with van der Waals surface area (Å²) in [4.78, 5) is 41.2. The lowest BCUT2D eigenvalue weighted by Gasteiger charge is -2.14. The number of rotatable bonds is 5. The molecule has 0 radical (unpaired) electrons. The van der Waals surface area contributed by atoms with E-state index in [0.29, 0.717) is 12.1 Å². The van der Waals surface area contributed by atoms with E-state index in [2.05, 4.69) is 4.98 Å². The van der Waals surface area contributed by atoms with Crippen LogP contribution in [-0.4, -0.2) is 46.2 Å². The second-order valence-electron chi connectivity index (χ2n) is 6.32. The van der Waals surface area contributed by atoms with Gasteiger partial charge in [0.1, 0.15) is 0 Å². The molecule has 1 heterocycles. The lowest BCUT2D eigenvalue weighted by molar-refractivity contribution is 0.0697. The van der Waals surface area contributed by atoms with Crippen LogP contribution in [0.4, 0.5) is 0 Å². The van der Waals surface area contributed by atoms with Crippen molar-refractivity contribution in [3.63, 3.8) is 0 Å². The Bertz CT molecular complexity index is 1100. The number of para-hydroxylation sites is 1. The minimum absolute atomic E-state index is 0.0108. The number of carboxylic acids is 1. The Hall–Kier alpha value is -3.19. The topological polar surface area (TPSA) is 95.4 Å². The molecule has 3 aromatic rings. The predicted octanol–water partition coefficient (Wildman–Crippen LogP) is 1.48. The molecule has 0 atom stereocenters. The normalized spacial score (nSPS) is 11.2. The van der Waals surface area contributed by atoms with Crippen molar-refractivity contribution in [1.82, 2.24) is 14.5 Å². The molecule has 0 saturated heterocycles. The summed E-state index contributed by atoms with van der Waals surface area (Å²) in [6.07, 6.45) is 0.686. The quantitative estimate of drug-likeness (QED) is 0.724. The number of fused-ring (bicyclic) bond motifs is 1. The molecule has 7 nitrogen and oxygen atoms in total. The molecule has 0 saturated carbocycles. The molecule has 0 aliphatic heterocycles. The van der Waals surface area contributed by atoms with E-state index in [4.69, 9.17) is 5.11 Å². The zero-order valence-electron chi connectivity index (χ0n) is 14.5. The number of nitrogens with one attached hydrogen (secondary N) is 1. The molecule has 7 heteroatoms. The highest BCUT2D eigenvalue weighted by atomic mass is 16.4. The fraction of sp³-hybridized carbons (Fsp3) is 0.211. The zero-order chi connectivity index (χ0) is 18.8. The molecule has 0 aliphatic carbocycles. The standard InChI is InChI=1S/C19H19N3O4/c1-21(2)10-9-12-5-3-4-6-16(12)22-17(23)14-8-7-13(18(24)25)11-15(14)20-19(22)26/h3-8,11H,9-10H2,1-2H3,(H,20,26)(H,24,25). The first-order valence-electron chi connectivity index (χ1n) is 8.14. The van der Waals surface area contributed by atoms with Crippen molar-refractivity contribution < 1.29 is 9.90 Å². The van der Waals surface area contributed by atoms with Crippen LogP contribution in [0.15, 0.2) is 52.1 Å². The van der Waals surface area contributed by atoms with Gasteiger partial charge in [0, 0.05) is 6.54 Å². The monoisotopic (exact) mass is 353 g/mol. The average molecular weight is 353 g/mol. The number of aromatic carboxylic acids is 1. The van der Waals surface area contributed by atoms with Gasteiger partial charge in [0.05, 0.1) is 22.2 Å². The van der Waals surface area contributed by atoms with Gasteiger partial charge in [-0.2, -0.15) is 0 Å². The first-order valence-corrected chi connectivity index (χ1v) is 8.14. The molecule has 134 valence electrons. The van der Waals surface area contributed by atoms with E-state index in [1.165, 1.54) is 18.2 Å². The Morgan fingerprint density at radius 1 is 1.15 bits per heavy atom. The van der Waals surface area contributed by atoms with E-state index in [1.807, 2.05) is 31.1 Å². The van der Waals surface area contributed by atoms with Crippen molar-refractivity contribution in [2.24, 2.45) is 0 Å². The van der Waals surface area contributed by atoms with E-state index < -0.39 is 17.2 Å². The van der Waals surface area contributed by atoms with E-state index in [9.17, 15) is 14.4 Å². The smallest absolute Gasteiger partial charge is 0.335 e. The molecule has 3 rings (SSSR count). The van der Waals surface area contributed by atoms with Crippen LogP contribution in [-0.2, 0) is 6.42 Å². The maximum atomic E-state index is 12.9. The Labute approximate surface area is 149 Å². The maximum Gasteiger partial charge on any atom is 0.335 e. The summed E-state index contributed by atoms with van der Waals surface area (Å²) >= 11 is 0. The van der Waals surface area contributed by atoms with Crippen molar-refractivity contribution in [2.45, 2.75) is 6.42 Å². The van der Waals surface area contributed by atoms with Gasteiger partial charge in [0.15, 0.2) is 0 Å². The molecular weight excluding hydrogens is 334 g/mol.